The lowest BCUT2D eigenvalue weighted by molar-refractivity contribution is 0.211. The Balaban J connectivity index is 1.62. The van der Waals surface area contributed by atoms with Crippen molar-refractivity contribution < 1.29 is 23.0 Å². The number of primary amides is 1. The van der Waals surface area contributed by atoms with E-state index in [2.05, 4.69) is 4.98 Å². The number of aromatic nitrogens is 1. The Morgan fingerprint density at radius 3 is 2.53 bits per heavy atom. The van der Waals surface area contributed by atoms with E-state index in [0.717, 1.165) is 16.3 Å². The summed E-state index contributed by atoms with van der Waals surface area (Å²) in [6.45, 7) is 1.72. The summed E-state index contributed by atoms with van der Waals surface area (Å²) >= 11 is 1.39. The van der Waals surface area contributed by atoms with E-state index in [1.807, 2.05) is 6.07 Å². The highest BCUT2D eigenvalue weighted by Crippen LogP contribution is 2.37. The third-order valence-electron chi connectivity index (χ3n) is 4.36. The maximum Gasteiger partial charge on any atom is 0.409 e. The molecule has 0 aliphatic heterocycles. The zero-order valence-corrected chi connectivity index (χ0v) is 16.6. The van der Waals surface area contributed by atoms with Crippen LogP contribution >= 0.6 is 11.3 Å². The van der Waals surface area contributed by atoms with Crippen LogP contribution in [-0.4, -0.2) is 11.1 Å². The van der Waals surface area contributed by atoms with Crippen molar-refractivity contribution in [2.24, 2.45) is 5.73 Å². The molecule has 0 radical (unpaired) electrons. The molecule has 2 N–H and O–H groups in total. The van der Waals surface area contributed by atoms with Crippen LogP contribution in [0.1, 0.15) is 18.6 Å². The first-order valence-electron chi connectivity index (χ1n) is 8.99. The van der Waals surface area contributed by atoms with Gasteiger partial charge in [0.25, 0.3) is 0 Å². The van der Waals surface area contributed by atoms with E-state index in [1.165, 1.54) is 23.5 Å². The molecular weight excluding hydrogens is 410 g/mol. The second kappa shape index (κ2) is 8.08. The first-order valence-corrected chi connectivity index (χ1v) is 9.80. The summed E-state index contributed by atoms with van der Waals surface area (Å²) in [6, 6.07) is 15.6. The summed E-state index contributed by atoms with van der Waals surface area (Å²) in [7, 11) is 0. The van der Waals surface area contributed by atoms with Crippen molar-refractivity contribution in [1.29, 1.82) is 0 Å². The molecule has 8 heteroatoms. The minimum absolute atomic E-state index is 0.322. The second-order valence-corrected chi connectivity index (χ2v) is 7.56. The van der Waals surface area contributed by atoms with E-state index in [-0.39, 0.29) is 0 Å². The minimum atomic E-state index is -0.901. The molecule has 0 aliphatic rings. The molecular formula is C22H16F2N2O3S. The number of benzene rings is 3. The summed E-state index contributed by atoms with van der Waals surface area (Å²) in [4.78, 5) is 15.7. The minimum Gasteiger partial charge on any atom is -0.486 e. The normalized spacial score (nSPS) is 12.0. The van der Waals surface area contributed by atoms with E-state index in [4.69, 9.17) is 15.2 Å². The number of carbonyl (C=O) groups is 1. The Morgan fingerprint density at radius 1 is 1.07 bits per heavy atom. The lowest BCUT2D eigenvalue weighted by Gasteiger charge is -2.15. The summed E-state index contributed by atoms with van der Waals surface area (Å²) in [6.07, 6.45) is -1.45. The largest absolute Gasteiger partial charge is 0.486 e. The van der Waals surface area contributed by atoms with Gasteiger partial charge in [0.05, 0.1) is 15.8 Å². The van der Waals surface area contributed by atoms with Crippen LogP contribution in [-0.2, 0) is 0 Å². The number of hydrogen-bond acceptors (Lipinski definition) is 5. The smallest absolute Gasteiger partial charge is 0.409 e. The zero-order valence-electron chi connectivity index (χ0n) is 15.8. The monoisotopic (exact) mass is 426 g/mol. The lowest BCUT2D eigenvalue weighted by atomic mass is 10.1. The van der Waals surface area contributed by atoms with Gasteiger partial charge in [-0.25, -0.2) is 18.6 Å². The van der Waals surface area contributed by atoms with Crippen LogP contribution in [0.3, 0.4) is 0 Å². The second-order valence-electron chi connectivity index (χ2n) is 6.53. The van der Waals surface area contributed by atoms with Gasteiger partial charge in [-0.05, 0) is 55.0 Å². The fraction of sp³-hybridized carbons (Fsp3) is 0.0909. The highest BCUT2D eigenvalue weighted by Gasteiger charge is 2.15. The number of ether oxygens (including phenoxy) is 2. The van der Waals surface area contributed by atoms with Gasteiger partial charge in [0, 0.05) is 6.07 Å². The Labute approximate surface area is 174 Å². The molecule has 1 amide bonds. The molecule has 3 aromatic carbocycles. The summed E-state index contributed by atoms with van der Waals surface area (Å²) < 4.78 is 38.7. The number of thiazole rings is 1. The van der Waals surface area contributed by atoms with Crippen molar-refractivity contribution >= 4 is 27.6 Å². The molecule has 5 nitrogen and oxygen atoms in total. The van der Waals surface area contributed by atoms with Crippen molar-refractivity contribution in [3.63, 3.8) is 0 Å². The summed E-state index contributed by atoms with van der Waals surface area (Å²) in [5, 5.41) is 0.652. The van der Waals surface area contributed by atoms with Gasteiger partial charge >= 0.3 is 6.09 Å². The average Bonchev–Trinajstić information content (AvgIpc) is 3.10. The Kier molecular flexibility index (Phi) is 5.33. The average molecular weight is 426 g/mol. The number of fused-ring (bicyclic) bond motifs is 1. The fourth-order valence-corrected chi connectivity index (χ4v) is 4.04. The van der Waals surface area contributed by atoms with Crippen molar-refractivity contribution in [3.8, 4) is 22.1 Å². The van der Waals surface area contributed by atoms with E-state index in [0.29, 0.717) is 27.6 Å². The number of halogens is 2. The first-order chi connectivity index (χ1) is 14.4. The van der Waals surface area contributed by atoms with Gasteiger partial charge in [0.2, 0.25) is 0 Å². The molecule has 0 bridgehead atoms. The number of nitrogens with two attached hydrogens (primary N) is 1. The lowest BCUT2D eigenvalue weighted by Crippen LogP contribution is -2.16. The quantitative estimate of drug-likeness (QED) is 0.435. The van der Waals surface area contributed by atoms with E-state index >= 15 is 0 Å². The molecule has 1 aromatic heterocycles. The number of amides is 1. The van der Waals surface area contributed by atoms with Crippen molar-refractivity contribution in [1.82, 2.24) is 4.98 Å². The highest BCUT2D eigenvalue weighted by molar-refractivity contribution is 7.21. The van der Waals surface area contributed by atoms with Crippen molar-refractivity contribution in [2.75, 3.05) is 0 Å². The summed E-state index contributed by atoms with van der Waals surface area (Å²) in [5.41, 5.74) is 6.91. The molecule has 1 heterocycles. The first kappa shape index (κ1) is 19.8. The van der Waals surface area contributed by atoms with Crippen LogP contribution in [0.25, 0.3) is 20.8 Å². The van der Waals surface area contributed by atoms with E-state index in [1.54, 1.807) is 43.3 Å². The molecule has 0 saturated heterocycles. The van der Waals surface area contributed by atoms with Gasteiger partial charge in [0.15, 0.2) is 0 Å². The van der Waals surface area contributed by atoms with E-state index in [9.17, 15) is 13.6 Å². The highest BCUT2D eigenvalue weighted by atomic mass is 32.1. The molecule has 1 unspecified atom stereocenters. The number of carbonyl (C=O) groups excluding carboxylic acids is 1. The zero-order chi connectivity index (χ0) is 21.3. The van der Waals surface area contributed by atoms with Gasteiger partial charge in [0.1, 0.15) is 34.2 Å². The fourth-order valence-electron chi connectivity index (χ4n) is 3.02. The van der Waals surface area contributed by atoms with Crippen LogP contribution in [0, 0.1) is 11.6 Å². The molecule has 0 fully saturated rings. The third kappa shape index (κ3) is 4.23. The van der Waals surface area contributed by atoms with Gasteiger partial charge in [-0.1, -0.05) is 12.1 Å². The molecule has 0 saturated carbocycles. The number of hydrogen-bond donors (Lipinski definition) is 1. The maximum absolute atomic E-state index is 13.5. The molecule has 1 atom stereocenters. The van der Waals surface area contributed by atoms with E-state index < -0.39 is 23.8 Å². The van der Waals surface area contributed by atoms with Gasteiger partial charge in [-0.15, -0.1) is 11.3 Å². The topological polar surface area (TPSA) is 74.4 Å². The summed E-state index contributed by atoms with van der Waals surface area (Å²) in [5.74, 6) is -0.446. The molecule has 30 heavy (non-hydrogen) atoms. The standard InChI is InChI=1S/C22H16F2N2O3S/c1-12(13-8-14(23)10-15(24)9-13)28-16-6-7-18-20(11-16)30-21(26-18)17-4-2-3-5-19(17)29-22(25)27/h2-12H,1H3,(H2,25,27). The van der Waals surface area contributed by atoms with Gasteiger partial charge < -0.3 is 15.2 Å². The predicted octanol–water partition coefficient (Wildman–Crippen LogP) is 5.84. The van der Waals surface area contributed by atoms with Crippen molar-refractivity contribution in [3.05, 3.63) is 77.9 Å². The van der Waals surface area contributed by atoms with Crippen LogP contribution in [0.5, 0.6) is 11.5 Å². The molecule has 0 aliphatic carbocycles. The number of rotatable bonds is 5. The Morgan fingerprint density at radius 2 is 1.80 bits per heavy atom. The Hall–Kier alpha value is -3.52. The van der Waals surface area contributed by atoms with Crippen molar-refractivity contribution in [2.45, 2.75) is 13.0 Å². The van der Waals surface area contributed by atoms with Gasteiger partial charge in [-0.2, -0.15) is 0 Å². The van der Waals surface area contributed by atoms with Gasteiger partial charge in [-0.3, -0.25) is 0 Å². The van der Waals surface area contributed by atoms with Crippen LogP contribution in [0.4, 0.5) is 13.6 Å². The van der Waals surface area contributed by atoms with Crippen LogP contribution in [0.15, 0.2) is 60.7 Å². The van der Waals surface area contributed by atoms with Crippen LogP contribution < -0.4 is 15.2 Å². The SMILES string of the molecule is CC(Oc1ccc2nc(-c3ccccc3OC(N)=O)sc2c1)c1cc(F)cc(F)c1. The third-order valence-corrected chi connectivity index (χ3v) is 5.41. The predicted molar refractivity (Wildman–Crippen MR) is 111 cm³/mol. The molecule has 152 valence electrons. The molecule has 4 rings (SSSR count). The molecule has 0 spiro atoms. The number of nitrogens with zero attached hydrogens (tertiary/aromatic N) is 1. The maximum atomic E-state index is 13.5. The Bertz CT molecular complexity index is 1220. The van der Waals surface area contributed by atoms with Crippen LogP contribution in [0.2, 0.25) is 0 Å². The number of para-hydroxylation sites is 1. The molecule has 4 aromatic rings.